The van der Waals surface area contributed by atoms with Crippen molar-refractivity contribution in [1.82, 2.24) is 0 Å². The van der Waals surface area contributed by atoms with Crippen LogP contribution in [0, 0.1) is 0 Å². The topological polar surface area (TPSA) is 38.3 Å². The van der Waals surface area contributed by atoms with Gasteiger partial charge in [0, 0.05) is 16.1 Å². The number of carbonyl (C=O) groups excluding carboxylic acids is 1. The summed E-state index contributed by atoms with van der Waals surface area (Å²) in [7, 11) is 0. The van der Waals surface area contributed by atoms with Gasteiger partial charge in [-0.2, -0.15) is 13.2 Å². The van der Waals surface area contributed by atoms with Gasteiger partial charge in [0.1, 0.15) is 5.75 Å². The van der Waals surface area contributed by atoms with Crippen LogP contribution in [0.5, 0.6) is 5.75 Å². The Morgan fingerprint density at radius 1 is 1.27 bits per heavy atom. The second-order valence-electron chi connectivity index (χ2n) is 5.13. The van der Waals surface area contributed by atoms with Gasteiger partial charge in [0.15, 0.2) is 0 Å². The Bertz CT molecular complexity index is 838. The van der Waals surface area contributed by atoms with E-state index in [9.17, 15) is 18.0 Å². The van der Waals surface area contributed by atoms with Crippen LogP contribution in [0.15, 0.2) is 46.9 Å². The number of amides is 1. The molecule has 0 spiro atoms. The molecule has 3 nitrogen and oxygen atoms in total. The summed E-state index contributed by atoms with van der Waals surface area (Å²) in [5.41, 5.74) is -0.367. The molecule has 0 unspecified atom stereocenters. The van der Waals surface area contributed by atoms with Crippen molar-refractivity contribution in [3.63, 3.8) is 0 Å². The number of halogens is 5. The molecule has 2 rings (SSSR count). The van der Waals surface area contributed by atoms with Crippen molar-refractivity contribution >= 4 is 45.2 Å². The van der Waals surface area contributed by atoms with E-state index in [-0.39, 0.29) is 10.7 Å². The third-order valence-corrected chi connectivity index (χ3v) is 4.06. The van der Waals surface area contributed by atoms with Gasteiger partial charge in [-0.25, -0.2) is 0 Å². The molecule has 0 bridgehead atoms. The highest BCUT2D eigenvalue weighted by molar-refractivity contribution is 9.10. The minimum absolute atomic E-state index is 0.0113. The molecule has 0 aliphatic heterocycles. The predicted octanol–water partition coefficient (Wildman–Crippen LogP) is 6.17. The van der Waals surface area contributed by atoms with Crippen LogP contribution < -0.4 is 10.1 Å². The molecular formula is C18H14BrClF3NO2. The highest BCUT2D eigenvalue weighted by atomic mass is 79.9. The van der Waals surface area contributed by atoms with Crippen LogP contribution >= 0.6 is 27.5 Å². The maximum Gasteiger partial charge on any atom is 0.416 e. The van der Waals surface area contributed by atoms with Crippen molar-refractivity contribution < 1.29 is 22.7 Å². The average molecular weight is 449 g/mol. The minimum atomic E-state index is -4.53. The van der Waals surface area contributed by atoms with E-state index in [4.69, 9.17) is 16.3 Å². The number of anilines is 1. The zero-order valence-corrected chi connectivity index (χ0v) is 15.9. The molecular weight excluding hydrogens is 435 g/mol. The number of rotatable bonds is 5. The Hall–Kier alpha value is -1.99. The van der Waals surface area contributed by atoms with Crippen molar-refractivity contribution in [3.8, 4) is 5.75 Å². The third kappa shape index (κ3) is 5.51. The van der Waals surface area contributed by atoms with Gasteiger partial charge in [0.2, 0.25) is 5.91 Å². The number of nitrogens with one attached hydrogen (secondary N) is 1. The van der Waals surface area contributed by atoms with Gasteiger partial charge in [0.05, 0.1) is 22.9 Å². The summed E-state index contributed by atoms with van der Waals surface area (Å²) in [6.45, 7) is 2.28. The van der Waals surface area contributed by atoms with Crippen LogP contribution in [0.1, 0.15) is 18.1 Å². The van der Waals surface area contributed by atoms with E-state index in [1.165, 1.54) is 12.2 Å². The number of benzene rings is 2. The summed E-state index contributed by atoms with van der Waals surface area (Å²) in [4.78, 5) is 12.1. The number of hydrogen-bond donors (Lipinski definition) is 1. The zero-order valence-electron chi connectivity index (χ0n) is 13.5. The molecule has 0 saturated carbocycles. The SMILES string of the molecule is CCOc1ccc(Br)cc1C=CC(=O)Nc1cc(C(F)(F)F)ccc1Cl. The largest absolute Gasteiger partial charge is 0.493 e. The first-order valence-corrected chi connectivity index (χ1v) is 8.66. The minimum Gasteiger partial charge on any atom is -0.493 e. The number of alkyl halides is 3. The van der Waals surface area contributed by atoms with Gasteiger partial charge in [-0.05, 0) is 49.4 Å². The molecule has 2 aromatic rings. The van der Waals surface area contributed by atoms with Gasteiger partial charge >= 0.3 is 6.18 Å². The highest BCUT2D eigenvalue weighted by Crippen LogP contribution is 2.33. The lowest BCUT2D eigenvalue weighted by atomic mass is 10.1. The van der Waals surface area contributed by atoms with Gasteiger partial charge in [-0.3, -0.25) is 4.79 Å². The zero-order chi connectivity index (χ0) is 19.3. The van der Waals surface area contributed by atoms with Crippen LogP contribution in [0.25, 0.3) is 6.08 Å². The lowest BCUT2D eigenvalue weighted by Crippen LogP contribution is -2.11. The van der Waals surface area contributed by atoms with E-state index >= 15 is 0 Å². The van der Waals surface area contributed by atoms with Crippen LogP contribution in [0.3, 0.4) is 0 Å². The van der Waals surface area contributed by atoms with E-state index < -0.39 is 17.6 Å². The summed E-state index contributed by atoms with van der Waals surface area (Å²) in [6.07, 6.45) is -1.82. The molecule has 0 atom stereocenters. The van der Waals surface area contributed by atoms with Crippen LogP contribution in [-0.4, -0.2) is 12.5 Å². The van der Waals surface area contributed by atoms with E-state index in [0.29, 0.717) is 17.9 Å². The third-order valence-electron chi connectivity index (χ3n) is 3.24. The second kappa shape index (κ2) is 8.60. The van der Waals surface area contributed by atoms with Crippen LogP contribution in [0.4, 0.5) is 18.9 Å². The summed E-state index contributed by atoms with van der Waals surface area (Å²) in [6, 6.07) is 8.03. The first-order valence-electron chi connectivity index (χ1n) is 7.49. The Kier molecular flexibility index (Phi) is 6.72. The smallest absolute Gasteiger partial charge is 0.416 e. The monoisotopic (exact) mass is 447 g/mol. The van der Waals surface area contributed by atoms with E-state index in [2.05, 4.69) is 21.2 Å². The molecule has 1 N–H and O–H groups in total. The van der Waals surface area contributed by atoms with Gasteiger partial charge in [-0.15, -0.1) is 0 Å². The standard InChI is InChI=1S/C18H14BrClF3NO2/c1-2-26-16-7-5-13(19)9-11(16)3-8-17(25)24-15-10-12(18(21,22)23)4-6-14(15)20/h3-10H,2H2,1H3,(H,24,25). The Morgan fingerprint density at radius 2 is 2.00 bits per heavy atom. The van der Waals surface area contributed by atoms with Crippen molar-refractivity contribution in [2.45, 2.75) is 13.1 Å². The molecule has 0 heterocycles. The Balaban J connectivity index is 2.19. The van der Waals surface area contributed by atoms with E-state index in [0.717, 1.165) is 22.7 Å². The van der Waals surface area contributed by atoms with Crippen LogP contribution in [-0.2, 0) is 11.0 Å². The average Bonchev–Trinajstić information content (AvgIpc) is 2.56. The van der Waals surface area contributed by atoms with Crippen LogP contribution in [0.2, 0.25) is 5.02 Å². The lowest BCUT2D eigenvalue weighted by molar-refractivity contribution is -0.137. The maximum atomic E-state index is 12.8. The normalized spacial score (nSPS) is 11.6. The molecule has 0 fully saturated rings. The molecule has 0 saturated heterocycles. The number of ether oxygens (including phenoxy) is 1. The fourth-order valence-corrected chi connectivity index (χ4v) is 2.62. The quantitative estimate of drug-likeness (QED) is 0.555. The summed E-state index contributed by atoms with van der Waals surface area (Å²) in [5, 5.41) is 2.36. The van der Waals surface area contributed by atoms with Gasteiger partial charge in [0.25, 0.3) is 0 Å². The first kappa shape index (κ1) is 20.3. The molecule has 0 aliphatic rings. The Morgan fingerprint density at radius 3 is 2.65 bits per heavy atom. The molecule has 26 heavy (non-hydrogen) atoms. The molecule has 1 amide bonds. The maximum absolute atomic E-state index is 12.8. The van der Waals surface area contributed by atoms with Crippen molar-refractivity contribution in [3.05, 3.63) is 63.1 Å². The molecule has 2 aromatic carbocycles. The molecule has 0 aromatic heterocycles. The van der Waals surface area contributed by atoms with E-state index in [1.54, 1.807) is 18.2 Å². The van der Waals surface area contributed by atoms with Crippen molar-refractivity contribution in [2.75, 3.05) is 11.9 Å². The first-order chi connectivity index (χ1) is 12.2. The fraction of sp³-hybridized carbons (Fsp3) is 0.167. The molecule has 0 aliphatic carbocycles. The molecule has 138 valence electrons. The summed E-state index contributed by atoms with van der Waals surface area (Å²) >= 11 is 9.19. The van der Waals surface area contributed by atoms with Crippen molar-refractivity contribution in [2.24, 2.45) is 0 Å². The molecule has 0 radical (unpaired) electrons. The second-order valence-corrected chi connectivity index (χ2v) is 6.45. The lowest BCUT2D eigenvalue weighted by Gasteiger charge is -2.11. The predicted molar refractivity (Wildman–Crippen MR) is 99.4 cm³/mol. The number of carbonyl (C=O) groups is 1. The summed E-state index contributed by atoms with van der Waals surface area (Å²) < 4.78 is 44.6. The Labute approximate surface area is 161 Å². The van der Waals surface area contributed by atoms with Gasteiger partial charge in [-0.1, -0.05) is 27.5 Å². The fourth-order valence-electron chi connectivity index (χ4n) is 2.07. The molecule has 8 heteroatoms. The highest BCUT2D eigenvalue weighted by Gasteiger charge is 2.31. The van der Waals surface area contributed by atoms with Gasteiger partial charge < -0.3 is 10.1 Å². The number of hydrogen-bond acceptors (Lipinski definition) is 2. The summed E-state index contributed by atoms with van der Waals surface area (Å²) in [5.74, 6) is -0.0366. The van der Waals surface area contributed by atoms with Crippen molar-refractivity contribution in [1.29, 1.82) is 0 Å². The van der Waals surface area contributed by atoms with E-state index in [1.807, 2.05) is 6.92 Å².